The summed E-state index contributed by atoms with van der Waals surface area (Å²) in [6, 6.07) is 1.25. The molecule has 1 aromatic rings. The molecule has 0 saturated heterocycles. The van der Waals surface area contributed by atoms with Gasteiger partial charge in [-0.25, -0.2) is 4.39 Å². The van der Waals surface area contributed by atoms with Gasteiger partial charge >= 0.3 is 0 Å². The second-order valence-corrected chi connectivity index (χ2v) is 4.06. The number of carbonyl (C=O) groups is 1. The van der Waals surface area contributed by atoms with Crippen LogP contribution in [0, 0.1) is 11.7 Å². The molecular formula is C11H14ClFN2O. The number of nitrogens with one attached hydrogen (secondary N) is 1. The predicted molar refractivity (Wildman–Crippen MR) is 61.0 cm³/mol. The van der Waals surface area contributed by atoms with Gasteiger partial charge in [0.05, 0.1) is 11.8 Å². The number of carbonyl (C=O) groups excluding carboxylic acids is 1. The van der Waals surface area contributed by atoms with E-state index in [-0.39, 0.29) is 17.5 Å². The fraction of sp³-hybridized carbons (Fsp3) is 0.455. The molecule has 0 fully saturated rings. The van der Waals surface area contributed by atoms with Gasteiger partial charge in [-0.1, -0.05) is 6.92 Å². The van der Waals surface area contributed by atoms with Gasteiger partial charge in [0.15, 0.2) is 5.82 Å². The molecule has 0 aliphatic heterocycles. The SMILES string of the molecule is CC(CCl)C(C)NC(=O)c1ccncc1F. The van der Waals surface area contributed by atoms with Crippen molar-refractivity contribution in [3.63, 3.8) is 0 Å². The molecule has 1 rings (SSSR count). The minimum atomic E-state index is -0.620. The van der Waals surface area contributed by atoms with Crippen LogP contribution < -0.4 is 5.32 Å². The van der Waals surface area contributed by atoms with E-state index in [0.29, 0.717) is 5.88 Å². The summed E-state index contributed by atoms with van der Waals surface area (Å²) in [5.74, 6) is -0.481. The third-order valence-corrected chi connectivity index (χ3v) is 2.96. The summed E-state index contributed by atoms with van der Waals surface area (Å²) < 4.78 is 13.2. The summed E-state index contributed by atoms with van der Waals surface area (Å²) in [6.45, 7) is 3.75. The Morgan fingerprint density at radius 1 is 1.62 bits per heavy atom. The Morgan fingerprint density at radius 3 is 2.88 bits per heavy atom. The molecule has 0 aromatic carbocycles. The van der Waals surface area contributed by atoms with E-state index in [1.165, 1.54) is 12.3 Å². The molecule has 3 nitrogen and oxygen atoms in total. The summed E-state index contributed by atoms with van der Waals surface area (Å²) in [5.41, 5.74) is 0.00335. The van der Waals surface area contributed by atoms with Crippen LogP contribution in [0.5, 0.6) is 0 Å². The fourth-order valence-corrected chi connectivity index (χ4v) is 1.39. The molecule has 5 heteroatoms. The summed E-state index contributed by atoms with van der Waals surface area (Å²) in [5, 5.41) is 2.70. The lowest BCUT2D eigenvalue weighted by Gasteiger charge is -2.19. The first-order valence-corrected chi connectivity index (χ1v) is 5.56. The van der Waals surface area contributed by atoms with Gasteiger partial charge in [0.1, 0.15) is 0 Å². The molecular weight excluding hydrogens is 231 g/mol. The van der Waals surface area contributed by atoms with Gasteiger partial charge in [-0.15, -0.1) is 11.6 Å². The van der Waals surface area contributed by atoms with Crippen molar-refractivity contribution in [3.8, 4) is 0 Å². The third kappa shape index (κ3) is 3.17. The number of nitrogens with zero attached hydrogens (tertiary/aromatic N) is 1. The van der Waals surface area contributed by atoms with E-state index >= 15 is 0 Å². The van der Waals surface area contributed by atoms with Gasteiger partial charge in [0, 0.05) is 18.1 Å². The maximum atomic E-state index is 13.2. The fourth-order valence-electron chi connectivity index (χ4n) is 1.12. The number of halogens is 2. The number of pyridine rings is 1. The normalized spacial score (nSPS) is 14.2. The van der Waals surface area contributed by atoms with Crippen LogP contribution in [0.1, 0.15) is 24.2 Å². The minimum absolute atomic E-state index is 0.00335. The van der Waals surface area contributed by atoms with Crippen LogP contribution in [-0.2, 0) is 0 Å². The largest absolute Gasteiger partial charge is 0.349 e. The molecule has 2 unspecified atom stereocenters. The number of hydrogen-bond donors (Lipinski definition) is 1. The maximum Gasteiger partial charge on any atom is 0.254 e. The van der Waals surface area contributed by atoms with Crippen LogP contribution in [-0.4, -0.2) is 22.8 Å². The number of alkyl halides is 1. The van der Waals surface area contributed by atoms with Crippen molar-refractivity contribution < 1.29 is 9.18 Å². The van der Waals surface area contributed by atoms with Crippen molar-refractivity contribution in [2.75, 3.05) is 5.88 Å². The zero-order valence-corrected chi connectivity index (χ0v) is 9.96. The lowest BCUT2D eigenvalue weighted by Crippen LogP contribution is -2.38. The minimum Gasteiger partial charge on any atom is -0.349 e. The van der Waals surface area contributed by atoms with Crippen molar-refractivity contribution in [3.05, 3.63) is 29.8 Å². The molecule has 16 heavy (non-hydrogen) atoms. The predicted octanol–water partition coefficient (Wildman–Crippen LogP) is 2.21. The highest BCUT2D eigenvalue weighted by molar-refractivity contribution is 6.18. The molecule has 1 N–H and O–H groups in total. The van der Waals surface area contributed by atoms with Crippen molar-refractivity contribution in [1.29, 1.82) is 0 Å². The Hall–Kier alpha value is -1.16. The summed E-state index contributed by atoms with van der Waals surface area (Å²) >= 11 is 5.67. The molecule has 1 aromatic heterocycles. The standard InChI is InChI=1S/C11H14ClFN2O/c1-7(5-12)8(2)15-11(16)9-3-4-14-6-10(9)13/h3-4,6-8H,5H2,1-2H3,(H,15,16). The summed E-state index contributed by atoms with van der Waals surface area (Å²) in [6.07, 6.45) is 2.40. The Balaban J connectivity index is 2.70. The van der Waals surface area contributed by atoms with E-state index < -0.39 is 11.7 Å². The highest BCUT2D eigenvalue weighted by atomic mass is 35.5. The topological polar surface area (TPSA) is 42.0 Å². The Bertz CT molecular complexity index is 373. The molecule has 1 heterocycles. The van der Waals surface area contributed by atoms with Crippen molar-refractivity contribution in [1.82, 2.24) is 10.3 Å². The zero-order chi connectivity index (χ0) is 12.1. The number of rotatable bonds is 4. The van der Waals surface area contributed by atoms with Gasteiger partial charge < -0.3 is 5.32 Å². The van der Waals surface area contributed by atoms with Crippen LogP contribution in [0.25, 0.3) is 0 Å². The van der Waals surface area contributed by atoms with E-state index in [9.17, 15) is 9.18 Å². The molecule has 1 amide bonds. The second kappa shape index (κ2) is 5.80. The van der Waals surface area contributed by atoms with Gasteiger partial charge in [-0.2, -0.15) is 0 Å². The Kier molecular flexibility index (Phi) is 4.68. The third-order valence-electron chi connectivity index (χ3n) is 2.47. The summed E-state index contributed by atoms with van der Waals surface area (Å²) in [7, 11) is 0. The number of aromatic nitrogens is 1. The Morgan fingerprint density at radius 2 is 2.31 bits per heavy atom. The van der Waals surface area contributed by atoms with Gasteiger partial charge in [-0.3, -0.25) is 9.78 Å². The van der Waals surface area contributed by atoms with Crippen LogP contribution in [0.2, 0.25) is 0 Å². The molecule has 0 aliphatic rings. The molecule has 0 radical (unpaired) electrons. The number of hydrogen-bond acceptors (Lipinski definition) is 2. The van der Waals surface area contributed by atoms with E-state index in [4.69, 9.17) is 11.6 Å². The monoisotopic (exact) mass is 244 g/mol. The first-order valence-electron chi connectivity index (χ1n) is 5.02. The lowest BCUT2D eigenvalue weighted by atomic mass is 10.1. The molecule has 88 valence electrons. The molecule has 0 spiro atoms. The first-order chi connectivity index (χ1) is 7.56. The molecule has 0 bridgehead atoms. The van der Waals surface area contributed by atoms with E-state index in [0.717, 1.165) is 6.20 Å². The quantitative estimate of drug-likeness (QED) is 0.826. The lowest BCUT2D eigenvalue weighted by molar-refractivity contribution is 0.0926. The summed E-state index contributed by atoms with van der Waals surface area (Å²) in [4.78, 5) is 15.3. The highest BCUT2D eigenvalue weighted by Gasteiger charge is 2.17. The van der Waals surface area contributed by atoms with Crippen LogP contribution in [0.4, 0.5) is 4.39 Å². The number of amides is 1. The van der Waals surface area contributed by atoms with E-state index in [2.05, 4.69) is 10.3 Å². The zero-order valence-electron chi connectivity index (χ0n) is 9.21. The van der Waals surface area contributed by atoms with Crippen LogP contribution in [0.15, 0.2) is 18.5 Å². The average Bonchev–Trinajstić information content (AvgIpc) is 2.28. The smallest absolute Gasteiger partial charge is 0.254 e. The highest BCUT2D eigenvalue weighted by Crippen LogP contribution is 2.08. The van der Waals surface area contributed by atoms with Crippen LogP contribution >= 0.6 is 11.6 Å². The molecule has 2 atom stereocenters. The van der Waals surface area contributed by atoms with Gasteiger partial charge in [0.2, 0.25) is 0 Å². The van der Waals surface area contributed by atoms with Gasteiger partial charge in [-0.05, 0) is 18.9 Å². The van der Waals surface area contributed by atoms with Gasteiger partial charge in [0.25, 0.3) is 5.91 Å². The van der Waals surface area contributed by atoms with E-state index in [1.54, 1.807) is 0 Å². The molecule has 0 saturated carbocycles. The first kappa shape index (κ1) is 12.9. The maximum absolute atomic E-state index is 13.2. The average molecular weight is 245 g/mol. The second-order valence-electron chi connectivity index (χ2n) is 3.75. The van der Waals surface area contributed by atoms with Crippen molar-refractivity contribution in [2.45, 2.75) is 19.9 Å². The van der Waals surface area contributed by atoms with Crippen LogP contribution in [0.3, 0.4) is 0 Å². The van der Waals surface area contributed by atoms with E-state index in [1.807, 2.05) is 13.8 Å². The van der Waals surface area contributed by atoms with Crippen molar-refractivity contribution >= 4 is 17.5 Å². The van der Waals surface area contributed by atoms with Crippen molar-refractivity contribution in [2.24, 2.45) is 5.92 Å². The molecule has 0 aliphatic carbocycles. The Labute approximate surface area is 99.0 Å².